The highest BCUT2D eigenvalue weighted by molar-refractivity contribution is 7.89. The van der Waals surface area contributed by atoms with Gasteiger partial charge in [-0.25, -0.2) is 8.42 Å². The van der Waals surface area contributed by atoms with Crippen molar-refractivity contribution in [1.29, 1.82) is 5.26 Å². The molecule has 4 bridgehead atoms. The lowest BCUT2D eigenvalue weighted by molar-refractivity contribution is -0.141. The number of rotatable bonds is 15. The minimum atomic E-state index is -4.24. The molecule has 17 nitrogen and oxygen atoms in total. The van der Waals surface area contributed by atoms with Gasteiger partial charge < -0.3 is 47.5 Å². The second kappa shape index (κ2) is 20.0. The summed E-state index contributed by atoms with van der Waals surface area (Å²) in [6.45, 7) is 5.13. The molecule has 10 N–H and O–H groups in total. The van der Waals surface area contributed by atoms with Crippen molar-refractivity contribution in [2.45, 2.75) is 62.7 Å². The Balaban J connectivity index is 1.91. The number of nitrogens with zero attached hydrogens (tertiary/aromatic N) is 2. The number of amides is 4. The van der Waals surface area contributed by atoms with E-state index in [2.05, 4.69) is 20.7 Å². The molecular weight excluding hydrogens is 755 g/mol. The number of nitrogens with two attached hydrogens (primary N) is 3. The van der Waals surface area contributed by atoms with Crippen molar-refractivity contribution in [2.24, 2.45) is 17.2 Å². The highest BCUT2D eigenvalue weighted by Gasteiger charge is 2.37. The summed E-state index contributed by atoms with van der Waals surface area (Å²) in [5, 5.41) is 16.9. The molecule has 0 aromatic heterocycles. The zero-order valence-corrected chi connectivity index (χ0v) is 33.3. The van der Waals surface area contributed by atoms with Gasteiger partial charge in [-0.05, 0) is 80.8 Å². The van der Waals surface area contributed by atoms with Gasteiger partial charge in [0.15, 0.2) is 0 Å². The van der Waals surface area contributed by atoms with Gasteiger partial charge in [-0.15, -0.1) is 0 Å². The van der Waals surface area contributed by atoms with E-state index in [1.54, 1.807) is 55.5 Å². The summed E-state index contributed by atoms with van der Waals surface area (Å²) in [6.07, 6.45) is -0.117. The summed E-state index contributed by atoms with van der Waals surface area (Å²) in [5.74, 6) is -2.20. The van der Waals surface area contributed by atoms with Crippen LogP contribution in [-0.2, 0) is 35.6 Å². The maximum atomic E-state index is 14.4. The van der Waals surface area contributed by atoms with Gasteiger partial charge in [0.05, 0.1) is 11.0 Å². The number of nitriles is 1. The van der Waals surface area contributed by atoms with Crippen molar-refractivity contribution >= 4 is 33.7 Å². The molecule has 4 atom stereocenters. The van der Waals surface area contributed by atoms with Crippen LogP contribution in [0, 0.1) is 25.2 Å². The molecule has 0 aliphatic carbocycles. The molecule has 3 aromatic rings. The van der Waals surface area contributed by atoms with Crippen LogP contribution in [0.4, 0.5) is 0 Å². The number of nitrogens with one attached hydrogen (secondary N) is 4. The number of hydrogen-bond acceptors (Lipinski definition) is 12. The molecule has 57 heavy (non-hydrogen) atoms. The average molecular weight is 806 g/mol. The molecule has 1 heterocycles. The third-order valence-electron chi connectivity index (χ3n) is 9.22. The van der Waals surface area contributed by atoms with E-state index < -0.39 is 57.8 Å². The minimum Gasteiger partial charge on any atom is -0.492 e. The molecular formula is C39H51N9O8S. The van der Waals surface area contributed by atoms with Crippen molar-refractivity contribution < 1.29 is 37.1 Å². The number of sulfonamides is 1. The van der Waals surface area contributed by atoms with Crippen molar-refractivity contribution in [3.05, 3.63) is 76.9 Å². The van der Waals surface area contributed by atoms with E-state index >= 15 is 0 Å². The zero-order chi connectivity index (χ0) is 41.9. The first-order chi connectivity index (χ1) is 27.1. The van der Waals surface area contributed by atoms with Gasteiger partial charge in [0, 0.05) is 37.7 Å². The fourth-order valence-electron chi connectivity index (χ4n) is 6.46. The number of carbonyl (C=O) groups is 4. The van der Waals surface area contributed by atoms with Gasteiger partial charge >= 0.3 is 0 Å². The third kappa shape index (κ3) is 11.1. The quantitative estimate of drug-likeness (QED) is 0.100. The molecule has 4 amide bonds. The van der Waals surface area contributed by atoms with E-state index in [4.69, 9.17) is 31.9 Å². The van der Waals surface area contributed by atoms with E-state index in [-0.39, 0.29) is 62.7 Å². The summed E-state index contributed by atoms with van der Waals surface area (Å²) in [4.78, 5) is 56.7. The standard InChI is InChI=1S/C39H51N9O8S/c1-23-5-10-34(24(2)19-23)57(53,54)47-30(11-12-40)39(52)48(4)35-27-7-9-33(56-18-15-43)29(22-27)28-20-26(6-8-32(28)55-17-14-42)21-31(37(50)44-16-13-41)46-36(49)25(3)45-38(35)51/h5-10,19-20,22,25,30-31,35,47H,11-12,14-18,21,40,42-43H2,1-4H3,(H,44,50)(H,45,51)(H,46,49)/t25-,30-,31-,35-/m0/s1. The van der Waals surface area contributed by atoms with Crippen LogP contribution in [0.2, 0.25) is 0 Å². The fourth-order valence-corrected chi connectivity index (χ4v) is 7.91. The predicted octanol–water partition coefficient (Wildman–Crippen LogP) is 0.0262. The first-order valence-corrected chi connectivity index (χ1v) is 19.9. The van der Waals surface area contributed by atoms with Gasteiger partial charge in [0.2, 0.25) is 33.7 Å². The van der Waals surface area contributed by atoms with Gasteiger partial charge in [0.25, 0.3) is 0 Å². The molecule has 0 saturated carbocycles. The summed E-state index contributed by atoms with van der Waals surface area (Å²) < 4.78 is 41.9. The second-order valence-electron chi connectivity index (χ2n) is 13.6. The third-order valence-corrected chi connectivity index (χ3v) is 10.9. The molecule has 0 saturated heterocycles. The summed E-state index contributed by atoms with van der Waals surface area (Å²) >= 11 is 0. The molecule has 0 fully saturated rings. The average Bonchev–Trinajstić information content (AvgIpc) is 3.17. The molecule has 306 valence electrons. The lowest BCUT2D eigenvalue weighted by atomic mass is 9.93. The molecule has 1 aliphatic rings. The SMILES string of the molecule is Cc1ccc(S(=O)(=O)N[C@@H](CCN)C(=O)N(C)[C@@H]2C(=O)N[C@@H](C)C(=O)N[C@H](C(=O)NCC#N)Cc3ccc(OCCN)c(c3)-c3cc2ccc3OCCN)c(C)c1. The summed E-state index contributed by atoms with van der Waals surface area (Å²) in [6, 6.07) is 11.4. The fraction of sp³-hybridized carbons (Fsp3) is 0.410. The van der Waals surface area contributed by atoms with Crippen molar-refractivity contribution in [3.8, 4) is 28.7 Å². The largest absolute Gasteiger partial charge is 0.492 e. The van der Waals surface area contributed by atoms with Gasteiger partial charge in [0.1, 0.15) is 55.4 Å². The maximum Gasteiger partial charge on any atom is 0.248 e. The van der Waals surface area contributed by atoms with Crippen LogP contribution in [0.1, 0.15) is 41.6 Å². The Bertz CT molecular complexity index is 2110. The van der Waals surface area contributed by atoms with Crippen LogP contribution in [-0.4, -0.2) is 102 Å². The van der Waals surface area contributed by atoms with Crippen LogP contribution in [0.15, 0.2) is 59.5 Å². The monoisotopic (exact) mass is 805 g/mol. The molecule has 4 rings (SSSR count). The first kappa shape index (κ1) is 44.1. The highest BCUT2D eigenvalue weighted by Crippen LogP contribution is 2.40. The minimum absolute atomic E-state index is 0.00701. The van der Waals surface area contributed by atoms with Gasteiger partial charge in [-0.2, -0.15) is 9.98 Å². The lowest BCUT2D eigenvalue weighted by Crippen LogP contribution is -2.56. The molecule has 3 aromatic carbocycles. The Morgan fingerprint density at radius 2 is 1.58 bits per heavy atom. The van der Waals surface area contributed by atoms with Crippen LogP contribution >= 0.6 is 0 Å². The van der Waals surface area contributed by atoms with Crippen LogP contribution in [0.25, 0.3) is 11.1 Å². The number of carbonyl (C=O) groups excluding carboxylic acids is 4. The van der Waals surface area contributed by atoms with Crippen molar-refractivity contribution in [1.82, 2.24) is 25.6 Å². The Morgan fingerprint density at radius 3 is 2.19 bits per heavy atom. The van der Waals surface area contributed by atoms with Crippen molar-refractivity contribution in [2.75, 3.05) is 46.4 Å². The van der Waals surface area contributed by atoms with E-state index in [0.29, 0.717) is 33.8 Å². The van der Waals surface area contributed by atoms with E-state index in [1.807, 2.05) is 13.0 Å². The van der Waals surface area contributed by atoms with Crippen LogP contribution in [0.5, 0.6) is 11.5 Å². The van der Waals surface area contributed by atoms with Crippen molar-refractivity contribution in [3.63, 3.8) is 0 Å². The van der Waals surface area contributed by atoms with Crippen LogP contribution < -0.4 is 47.3 Å². The first-order valence-electron chi connectivity index (χ1n) is 18.4. The van der Waals surface area contributed by atoms with E-state index in [1.165, 1.54) is 20.0 Å². The van der Waals surface area contributed by atoms with Gasteiger partial charge in [-0.3, -0.25) is 19.2 Å². The maximum absolute atomic E-state index is 14.4. The smallest absolute Gasteiger partial charge is 0.248 e. The van der Waals surface area contributed by atoms with Crippen LogP contribution in [0.3, 0.4) is 0 Å². The molecule has 1 aliphatic heterocycles. The Morgan fingerprint density at radius 1 is 0.930 bits per heavy atom. The topological polar surface area (TPSA) is 274 Å². The summed E-state index contributed by atoms with van der Waals surface area (Å²) in [5.41, 5.74) is 20.6. The number of ether oxygens (including phenoxy) is 2. The highest BCUT2D eigenvalue weighted by atomic mass is 32.2. The lowest BCUT2D eigenvalue weighted by Gasteiger charge is -2.32. The molecule has 18 heteroatoms. The van der Waals surface area contributed by atoms with E-state index in [9.17, 15) is 27.6 Å². The molecule has 0 spiro atoms. The Hall–Kier alpha value is -5.58. The second-order valence-corrected chi connectivity index (χ2v) is 15.3. The number of hydrogen-bond donors (Lipinski definition) is 7. The Kier molecular flexibility index (Phi) is 15.5. The predicted molar refractivity (Wildman–Crippen MR) is 212 cm³/mol. The number of aryl methyl sites for hydroxylation is 2. The number of benzene rings is 3. The van der Waals surface area contributed by atoms with Gasteiger partial charge in [-0.1, -0.05) is 29.8 Å². The van der Waals surface area contributed by atoms with E-state index in [0.717, 1.165) is 10.5 Å². The number of likely N-dealkylation sites (N-methyl/N-ethyl adjacent to an activating group) is 1. The molecule has 0 radical (unpaired) electrons. The normalized spacial score (nSPS) is 17.5. The zero-order valence-electron chi connectivity index (χ0n) is 32.5. The molecule has 0 unspecified atom stereocenters. The number of fused-ring (bicyclic) bond motifs is 5. The summed E-state index contributed by atoms with van der Waals surface area (Å²) in [7, 11) is -2.90. The Labute approximate surface area is 332 Å².